The van der Waals surface area contributed by atoms with Crippen LogP contribution in [-0.4, -0.2) is 23.0 Å². The number of carbonyl (C=O) groups excluding carboxylic acids is 1. The Balaban J connectivity index is 2.23. The Kier molecular flexibility index (Phi) is 5.54. The van der Waals surface area contributed by atoms with Gasteiger partial charge in [0.2, 0.25) is 0 Å². The zero-order chi connectivity index (χ0) is 17.7. The lowest BCUT2D eigenvalue weighted by Crippen LogP contribution is -2.14. The molecule has 1 aromatic carbocycles. The van der Waals surface area contributed by atoms with Crippen LogP contribution in [0.25, 0.3) is 0 Å². The summed E-state index contributed by atoms with van der Waals surface area (Å²) in [5.41, 5.74) is 0.678. The molecule has 4 nitrogen and oxygen atoms in total. The number of ether oxygens (including phenoxy) is 1. The highest BCUT2D eigenvalue weighted by molar-refractivity contribution is 5.72. The number of carbonyl (C=O) groups is 1. The molecule has 0 saturated heterocycles. The van der Waals surface area contributed by atoms with Crippen LogP contribution in [0.1, 0.15) is 28.2 Å². The fraction of sp³-hybridized carbons (Fsp3) is 0.353. The molecule has 0 atom stereocenters. The number of nitrogens with zero attached hydrogens (tertiary/aromatic N) is 2. The van der Waals surface area contributed by atoms with Gasteiger partial charge in [0.1, 0.15) is 5.82 Å². The van der Waals surface area contributed by atoms with E-state index >= 15 is 0 Å². The summed E-state index contributed by atoms with van der Waals surface area (Å²) in [4.78, 5) is 19.0. The van der Waals surface area contributed by atoms with Gasteiger partial charge in [0.15, 0.2) is 0 Å². The van der Waals surface area contributed by atoms with E-state index < -0.39 is 17.7 Å². The molecule has 7 heteroatoms. The molecule has 1 heterocycles. The number of esters is 1. The third-order valence-corrected chi connectivity index (χ3v) is 3.61. The molecule has 0 amide bonds. The summed E-state index contributed by atoms with van der Waals surface area (Å²) in [6.45, 7) is 1.55. The molecule has 0 aliphatic rings. The van der Waals surface area contributed by atoms with Crippen molar-refractivity contribution in [2.75, 3.05) is 7.11 Å². The number of aromatic nitrogens is 2. The maximum atomic E-state index is 13.1. The van der Waals surface area contributed by atoms with Gasteiger partial charge >= 0.3 is 12.1 Å². The van der Waals surface area contributed by atoms with Crippen molar-refractivity contribution in [2.45, 2.75) is 32.4 Å². The molecule has 0 radical (unpaired) electrons. The van der Waals surface area contributed by atoms with Crippen LogP contribution in [0, 0.1) is 6.92 Å². The van der Waals surface area contributed by atoms with Crippen LogP contribution in [0.5, 0.6) is 0 Å². The summed E-state index contributed by atoms with van der Waals surface area (Å²) in [6.07, 6.45) is -3.14. The molecule has 2 rings (SSSR count). The molecule has 0 aliphatic heterocycles. The minimum absolute atomic E-state index is 0.0390. The molecular formula is C17H17F3N2O2. The predicted octanol–water partition coefficient (Wildman–Crippen LogP) is 3.30. The lowest BCUT2D eigenvalue weighted by atomic mass is 9.98. The van der Waals surface area contributed by atoms with Gasteiger partial charge in [-0.05, 0) is 30.9 Å². The smallest absolute Gasteiger partial charge is 0.419 e. The maximum Gasteiger partial charge on any atom is 0.419 e. The van der Waals surface area contributed by atoms with E-state index in [1.54, 1.807) is 31.2 Å². The van der Waals surface area contributed by atoms with E-state index in [2.05, 4.69) is 14.7 Å². The number of hydrogen-bond acceptors (Lipinski definition) is 4. The van der Waals surface area contributed by atoms with Gasteiger partial charge in [-0.25, -0.2) is 9.97 Å². The molecule has 0 unspecified atom stereocenters. The molecule has 0 saturated carbocycles. The second-order valence-corrected chi connectivity index (χ2v) is 5.30. The zero-order valence-electron chi connectivity index (χ0n) is 13.4. The van der Waals surface area contributed by atoms with Crippen molar-refractivity contribution in [1.29, 1.82) is 0 Å². The molecule has 0 aliphatic carbocycles. The van der Waals surface area contributed by atoms with Crippen molar-refractivity contribution < 1.29 is 22.7 Å². The summed E-state index contributed by atoms with van der Waals surface area (Å²) < 4.78 is 43.8. The van der Waals surface area contributed by atoms with Crippen LogP contribution in [-0.2, 0) is 35.0 Å². The summed E-state index contributed by atoms with van der Waals surface area (Å²) in [5.74, 6) is -0.0999. The first-order valence-corrected chi connectivity index (χ1v) is 7.34. The van der Waals surface area contributed by atoms with Crippen molar-refractivity contribution in [1.82, 2.24) is 9.97 Å². The van der Waals surface area contributed by atoms with Crippen LogP contribution in [0.4, 0.5) is 13.2 Å². The SMILES string of the molecule is COC(=O)Cc1ccccc1CCc1nc(C)ncc1C(F)(F)F. The standard InChI is InChI=1S/C17H17F3N2O2/c1-11-21-10-14(17(18,19)20)15(22-11)8-7-12-5-3-4-6-13(12)9-16(23)24-2/h3-6,10H,7-9H2,1-2H3. The topological polar surface area (TPSA) is 52.1 Å². The van der Waals surface area contributed by atoms with Crippen molar-refractivity contribution in [3.8, 4) is 0 Å². The first kappa shape index (κ1) is 17.9. The first-order valence-electron chi connectivity index (χ1n) is 7.34. The van der Waals surface area contributed by atoms with Gasteiger partial charge in [-0.1, -0.05) is 24.3 Å². The van der Waals surface area contributed by atoms with Crippen molar-refractivity contribution >= 4 is 5.97 Å². The molecule has 0 N–H and O–H groups in total. The molecule has 2 aromatic rings. The third-order valence-electron chi connectivity index (χ3n) is 3.61. The number of aryl methyl sites for hydroxylation is 3. The quantitative estimate of drug-likeness (QED) is 0.785. The van der Waals surface area contributed by atoms with Gasteiger partial charge in [0.05, 0.1) is 24.8 Å². The molecule has 128 valence electrons. The summed E-state index contributed by atoms with van der Waals surface area (Å²) >= 11 is 0. The van der Waals surface area contributed by atoms with Gasteiger partial charge in [0.25, 0.3) is 0 Å². The molecule has 0 fully saturated rings. The van der Waals surface area contributed by atoms with E-state index in [0.717, 1.165) is 17.3 Å². The summed E-state index contributed by atoms with van der Waals surface area (Å²) in [7, 11) is 1.30. The van der Waals surface area contributed by atoms with Crippen LogP contribution in [0.2, 0.25) is 0 Å². The minimum atomic E-state index is -4.49. The van der Waals surface area contributed by atoms with Gasteiger partial charge in [-0.2, -0.15) is 13.2 Å². The Morgan fingerprint density at radius 3 is 2.46 bits per heavy atom. The highest BCUT2D eigenvalue weighted by Crippen LogP contribution is 2.31. The third kappa shape index (κ3) is 4.53. The second kappa shape index (κ2) is 7.42. The zero-order valence-corrected chi connectivity index (χ0v) is 13.4. The van der Waals surface area contributed by atoms with E-state index in [9.17, 15) is 18.0 Å². The van der Waals surface area contributed by atoms with E-state index in [-0.39, 0.29) is 18.5 Å². The fourth-order valence-electron chi connectivity index (χ4n) is 2.40. The Morgan fingerprint density at radius 1 is 1.17 bits per heavy atom. The number of alkyl halides is 3. The van der Waals surface area contributed by atoms with E-state index in [0.29, 0.717) is 12.2 Å². The monoisotopic (exact) mass is 338 g/mol. The van der Waals surface area contributed by atoms with Crippen molar-refractivity contribution in [3.63, 3.8) is 0 Å². The van der Waals surface area contributed by atoms with E-state index in [4.69, 9.17) is 0 Å². The Bertz CT molecular complexity index is 730. The first-order chi connectivity index (χ1) is 11.3. The lowest BCUT2D eigenvalue weighted by molar-refractivity contribution is -0.140. The second-order valence-electron chi connectivity index (χ2n) is 5.30. The average Bonchev–Trinajstić information content (AvgIpc) is 2.52. The van der Waals surface area contributed by atoms with Gasteiger partial charge in [-0.15, -0.1) is 0 Å². The largest absolute Gasteiger partial charge is 0.469 e. The Morgan fingerprint density at radius 2 is 1.83 bits per heavy atom. The maximum absolute atomic E-state index is 13.1. The number of hydrogen-bond donors (Lipinski definition) is 0. The van der Waals surface area contributed by atoms with E-state index in [1.807, 2.05) is 0 Å². The number of benzene rings is 1. The van der Waals surface area contributed by atoms with Crippen LogP contribution in [0.3, 0.4) is 0 Å². The Labute approximate surface area is 137 Å². The van der Waals surface area contributed by atoms with Crippen LogP contribution >= 0.6 is 0 Å². The number of halogens is 3. The predicted molar refractivity (Wildman–Crippen MR) is 81.3 cm³/mol. The highest BCUT2D eigenvalue weighted by atomic mass is 19.4. The van der Waals surface area contributed by atoms with Crippen molar-refractivity contribution in [2.24, 2.45) is 0 Å². The molecule has 24 heavy (non-hydrogen) atoms. The lowest BCUT2D eigenvalue weighted by Gasteiger charge is -2.13. The number of methoxy groups -OCH3 is 1. The highest BCUT2D eigenvalue weighted by Gasteiger charge is 2.34. The molecule has 0 spiro atoms. The Hall–Kier alpha value is -2.44. The summed E-state index contributed by atoms with van der Waals surface area (Å²) in [6, 6.07) is 7.12. The van der Waals surface area contributed by atoms with Gasteiger partial charge in [-0.3, -0.25) is 4.79 Å². The number of rotatable bonds is 5. The van der Waals surface area contributed by atoms with Crippen molar-refractivity contribution in [3.05, 3.63) is 58.7 Å². The van der Waals surface area contributed by atoms with Gasteiger partial charge < -0.3 is 4.74 Å². The molecular weight excluding hydrogens is 321 g/mol. The fourth-order valence-corrected chi connectivity index (χ4v) is 2.40. The minimum Gasteiger partial charge on any atom is -0.469 e. The average molecular weight is 338 g/mol. The van der Waals surface area contributed by atoms with Crippen LogP contribution in [0.15, 0.2) is 30.5 Å². The summed E-state index contributed by atoms with van der Waals surface area (Å²) in [5, 5.41) is 0. The van der Waals surface area contributed by atoms with Gasteiger partial charge in [0, 0.05) is 6.20 Å². The van der Waals surface area contributed by atoms with E-state index in [1.165, 1.54) is 7.11 Å². The van der Waals surface area contributed by atoms with Crippen LogP contribution < -0.4 is 0 Å². The normalized spacial score (nSPS) is 11.4. The molecule has 0 bridgehead atoms. The molecule has 1 aromatic heterocycles.